The predicted molar refractivity (Wildman–Crippen MR) is 121 cm³/mol. The number of methoxy groups -OCH3 is 1. The summed E-state index contributed by atoms with van der Waals surface area (Å²) in [6.45, 7) is 3.79. The number of benzene rings is 2. The number of carbonyl (C=O) groups is 1. The number of amides is 2. The third kappa shape index (κ3) is 4.84. The number of anilines is 2. The number of nitrogens with zero attached hydrogens (tertiary/aromatic N) is 4. The third-order valence-corrected chi connectivity index (χ3v) is 4.71. The van der Waals surface area contributed by atoms with E-state index in [1.165, 1.54) is 0 Å². The van der Waals surface area contributed by atoms with Gasteiger partial charge in [0, 0.05) is 29.8 Å². The Morgan fingerprint density at radius 3 is 2.34 bits per heavy atom. The fraction of sp³-hybridized carbons (Fsp3) is 0.130. The van der Waals surface area contributed by atoms with E-state index in [1.807, 2.05) is 30.7 Å². The first-order valence-corrected chi connectivity index (χ1v) is 9.86. The van der Waals surface area contributed by atoms with Gasteiger partial charge in [0.15, 0.2) is 5.82 Å². The second kappa shape index (κ2) is 9.17. The summed E-state index contributed by atoms with van der Waals surface area (Å²) < 4.78 is 12.7. The first kappa shape index (κ1) is 20.9. The Bertz CT molecular complexity index is 1220. The highest BCUT2D eigenvalue weighted by Crippen LogP contribution is 2.23. The quantitative estimate of drug-likeness (QED) is 0.459. The van der Waals surface area contributed by atoms with Crippen molar-refractivity contribution in [3.8, 4) is 23.2 Å². The summed E-state index contributed by atoms with van der Waals surface area (Å²) in [5, 5.41) is 13.9. The zero-order valence-electron chi connectivity index (χ0n) is 17.9. The van der Waals surface area contributed by atoms with Crippen LogP contribution in [0.1, 0.15) is 11.4 Å². The van der Waals surface area contributed by atoms with E-state index in [1.54, 1.807) is 61.8 Å². The van der Waals surface area contributed by atoms with E-state index in [2.05, 4.69) is 25.8 Å². The molecule has 162 valence electrons. The Balaban J connectivity index is 1.35. The summed E-state index contributed by atoms with van der Waals surface area (Å²) >= 11 is 0. The molecule has 0 aliphatic rings. The van der Waals surface area contributed by atoms with Crippen LogP contribution in [0.3, 0.4) is 0 Å². The second-order valence-electron chi connectivity index (χ2n) is 6.96. The van der Waals surface area contributed by atoms with E-state index in [-0.39, 0.29) is 6.03 Å². The van der Waals surface area contributed by atoms with Gasteiger partial charge in [0.2, 0.25) is 5.88 Å². The van der Waals surface area contributed by atoms with Crippen LogP contribution in [0.4, 0.5) is 16.2 Å². The molecule has 32 heavy (non-hydrogen) atoms. The predicted octanol–water partition coefficient (Wildman–Crippen LogP) is 4.72. The maximum absolute atomic E-state index is 12.3. The van der Waals surface area contributed by atoms with Crippen LogP contribution in [0.2, 0.25) is 0 Å². The van der Waals surface area contributed by atoms with Gasteiger partial charge in [0.05, 0.1) is 7.11 Å². The summed E-state index contributed by atoms with van der Waals surface area (Å²) in [5.41, 5.74) is 2.23. The number of aryl methyl sites for hydroxylation is 2. The number of hydrogen-bond donors (Lipinski definition) is 2. The van der Waals surface area contributed by atoms with Gasteiger partial charge in [-0.25, -0.2) is 9.78 Å². The molecule has 0 spiro atoms. The summed E-state index contributed by atoms with van der Waals surface area (Å²) in [5.74, 6) is 3.15. The topological polar surface area (TPSA) is 103 Å². The number of rotatable bonds is 6. The molecular formula is C23H22N6O3. The molecule has 9 heteroatoms. The van der Waals surface area contributed by atoms with Crippen LogP contribution in [0.15, 0.2) is 67.0 Å². The minimum absolute atomic E-state index is 0.344. The number of carbonyl (C=O) groups excluding carboxylic acids is 1. The molecule has 2 aromatic heterocycles. The molecule has 0 unspecified atom stereocenters. The van der Waals surface area contributed by atoms with Gasteiger partial charge >= 0.3 is 6.03 Å². The molecule has 0 aliphatic heterocycles. The zero-order valence-corrected chi connectivity index (χ0v) is 17.9. The van der Waals surface area contributed by atoms with Crippen molar-refractivity contribution in [3.63, 3.8) is 0 Å². The standard InChI is InChI=1S/C23H22N6O3/c1-15-14-19(31-3)8-9-20(15)26-23(30)25-17-4-6-18(7-5-17)32-22-11-10-21(27-28-22)29-13-12-24-16(29)2/h4-14H,1-3H3,(H2,25,26,30). The van der Waals surface area contributed by atoms with Crippen molar-refractivity contribution in [2.45, 2.75) is 13.8 Å². The maximum atomic E-state index is 12.3. The second-order valence-corrected chi connectivity index (χ2v) is 6.96. The minimum atomic E-state index is -0.344. The van der Waals surface area contributed by atoms with Gasteiger partial charge in [-0.3, -0.25) is 4.57 Å². The Kier molecular flexibility index (Phi) is 5.98. The Morgan fingerprint density at radius 1 is 0.938 bits per heavy atom. The summed E-state index contributed by atoms with van der Waals surface area (Å²) in [4.78, 5) is 16.5. The van der Waals surface area contributed by atoms with Crippen molar-refractivity contribution in [2.75, 3.05) is 17.7 Å². The molecule has 2 amide bonds. The van der Waals surface area contributed by atoms with Gasteiger partial charge in [-0.2, -0.15) is 0 Å². The van der Waals surface area contributed by atoms with Gasteiger partial charge < -0.3 is 20.1 Å². The average Bonchev–Trinajstić information content (AvgIpc) is 3.23. The van der Waals surface area contributed by atoms with Crippen molar-refractivity contribution in [3.05, 3.63) is 78.4 Å². The van der Waals surface area contributed by atoms with Crippen LogP contribution >= 0.6 is 0 Å². The van der Waals surface area contributed by atoms with E-state index in [0.29, 0.717) is 28.8 Å². The highest BCUT2D eigenvalue weighted by molar-refractivity contribution is 6.00. The first-order chi connectivity index (χ1) is 15.5. The van der Waals surface area contributed by atoms with Crippen molar-refractivity contribution in [1.82, 2.24) is 19.7 Å². The maximum Gasteiger partial charge on any atom is 0.323 e. The average molecular weight is 430 g/mol. The van der Waals surface area contributed by atoms with E-state index in [9.17, 15) is 4.79 Å². The van der Waals surface area contributed by atoms with Crippen LogP contribution in [0, 0.1) is 13.8 Å². The fourth-order valence-corrected chi connectivity index (χ4v) is 3.03. The van der Waals surface area contributed by atoms with Gasteiger partial charge in [0.1, 0.15) is 17.3 Å². The molecule has 2 aromatic carbocycles. The monoisotopic (exact) mass is 430 g/mol. The fourth-order valence-electron chi connectivity index (χ4n) is 3.03. The Hall–Kier alpha value is -4.40. The minimum Gasteiger partial charge on any atom is -0.497 e. The van der Waals surface area contributed by atoms with Gasteiger partial charge in [-0.1, -0.05) is 0 Å². The smallest absolute Gasteiger partial charge is 0.323 e. The van der Waals surface area contributed by atoms with Crippen LogP contribution < -0.4 is 20.1 Å². The molecule has 2 N–H and O–H groups in total. The number of ether oxygens (including phenoxy) is 2. The van der Waals surface area contributed by atoms with Gasteiger partial charge in [-0.15, -0.1) is 10.2 Å². The van der Waals surface area contributed by atoms with Crippen molar-refractivity contribution in [1.29, 1.82) is 0 Å². The van der Waals surface area contributed by atoms with Crippen LogP contribution in [0.5, 0.6) is 17.4 Å². The third-order valence-electron chi connectivity index (χ3n) is 4.71. The first-order valence-electron chi connectivity index (χ1n) is 9.86. The Morgan fingerprint density at radius 2 is 1.72 bits per heavy atom. The summed E-state index contributed by atoms with van der Waals surface area (Å²) in [7, 11) is 1.60. The van der Waals surface area contributed by atoms with Crippen LogP contribution in [-0.2, 0) is 0 Å². The SMILES string of the molecule is COc1ccc(NC(=O)Nc2ccc(Oc3ccc(-n4ccnc4C)nn3)cc2)c(C)c1. The van der Waals surface area contributed by atoms with Crippen molar-refractivity contribution < 1.29 is 14.3 Å². The van der Waals surface area contributed by atoms with E-state index < -0.39 is 0 Å². The van der Waals surface area contributed by atoms with E-state index >= 15 is 0 Å². The lowest BCUT2D eigenvalue weighted by Gasteiger charge is -2.11. The normalized spacial score (nSPS) is 10.5. The molecule has 0 bridgehead atoms. The molecule has 0 aliphatic carbocycles. The number of aromatic nitrogens is 4. The lowest BCUT2D eigenvalue weighted by atomic mass is 10.2. The molecule has 4 rings (SSSR count). The molecule has 9 nitrogen and oxygen atoms in total. The van der Waals surface area contributed by atoms with Gasteiger partial charge in [-0.05, 0) is 67.9 Å². The molecule has 2 heterocycles. The molecule has 4 aromatic rings. The summed E-state index contributed by atoms with van der Waals surface area (Å²) in [6.07, 6.45) is 3.52. The van der Waals surface area contributed by atoms with Crippen LogP contribution in [0.25, 0.3) is 5.82 Å². The largest absolute Gasteiger partial charge is 0.497 e. The van der Waals surface area contributed by atoms with Gasteiger partial charge in [0.25, 0.3) is 0 Å². The number of nitrogens with one attached hydrogen (secondary N) is 2. The van der Waals surface area contributed by atoms with Crippen molar-refractivity contribution in [2.24, 2.45) is 0 Å². The van der Waals surface area contributed by atoms with Crippen molar-refractivity contribution >= 4 is 17.4 Å². The molecular weight excluding hydrogens is 408 g/mol. The highest BCUT2D eigenvalue weighted by atomic mass is 16.5. The summed E-state index contributed by atoms with van der Waals surface area (Å²) in [6, 6.07) is 15.6. The molecule has 0 fully saturated rings. The Labute approximate surface area is 185 Å². The lowest BCUT2D eigenvalue weighted by molar-refractivity contribution is 0.262. The highest BCUT2D eigenvalue weighted by Gasteiger charge is 2.08. The number of hydrogen-bond acceptors (Lipinski definition) is 6. The molecule has 0 radical (unpaired) electrons. The number of imidazole rings is 1. The number of urea groups is 1. The molecule has 0 saturated heterocycles. The van der Waals surface area contributed by atoms with Crippen LogP contribution in [-0.4, -0.2) is 32.9 Å². The molecule has 0 atom stereocenters. The lowest BCUT2D eigenvalue weighted by Crippen LogP contribution is -2.19. The van der Waals surface area contributed by atoms with E-state index in [0.717, 1.165) is 17.1 Å². The molecule has 0 saturated carbocycles. The zero-order chi connectivity index (χ0) is 22.5. The van der Waals surface area contributed by atoms with E-state index in [4.69, 9.17) is 9.47 Å².